The number of nitrogens with zero attached hydrogens (tertiary/aromatic N) is 1. The predicted molar refractivity (Wildman–Crippen MR) is 74.3 cm³/mol. The number of hydrogen-bond acceptors (Lipinski definition) is 6. The molecule has 0 aliphatic rings. The maximum Gasteiger partial charge on any atom is 0.323 e. The fourth-order valence-corrected chi connectivity index (χ4v) is 2.48. The summed E-state index contributed by atoms with van der Waals surface area (Å²) >= 11 is 7.04. The minimum atomic E-state index is -0.735. The van der Waals surface area contributed by atoms with E-state index in [2.05, 4.69) is 4.74 Å². The molecule has 0 aromatic heterocycles. The lowest BCUT2D eigenvalue weighted by atomic mass is 10.2. The van der Waals surface area contributed by atoms with Crippen LogP contribution in [0.15, 0.2) is 18.2 Å². The normalized spacial score (nSPS) is 11.9. The van der Waals surface area contributed by atoms with Crippen molar-refractivity contribution < 1.29 is 14.5 Å². The maximum atomic E-state index is 11.1. The van der Waals surface area contributed by atoms with Crippen molar-refractivity contribution in [2.45, 2.75) is 11.8 Å². The van der Waals surface area contributed by atoms with E-state index in [1.807, 2.05) is 0 Å². The van der Waals surface area contributed by atoms with Crippen LogP contribution in [0.3, 0.4) is 0 Å². The van der Waals surface area contributed by atoms with Gasteiger partial charge in [-0.25, -0.2) is 0 Å². The molecule has 0 aliphatic heterocycles. The van der Waals surface area contributed by atoms with Gasteiger partial charge in [0.2, 0.25) is 0 Å². The summed E-state index contributed by atoms with van der Waals surface area (Å²) in [5, 5.41) is 11.2. The van der Waals surface area contributed by atoms with E-state index in [1.165, 1.54) is 24.9 Å². The molecule has 1 rings (SSSR count). The van der Waals surface area contributed by atoms with E-state index in [1.54, 1.807) is 12.1 Å². The first-order valence-corrected chi connectivity index (χ1v) is 6.83. The quantitative estimate of drug-likeness (QED) is 0.490. The summed E-state index contributed by atoms with van der Waals surface area (Å²) in [7, 11) is 1.26. The number of thioether (sulfide) groups is 1. The van der Waals surface area contributed by atoms with Crippen LogP contribution in [-0.2, 0) is 15.3 Å². The maximum absolute atomic E-state index is 11.1. The van der Waals surface area contributed by atoms with Crippen molar-refractivity contribution in [3.63, 3.8) is 0 Å². The Balaban J connectivity index is 2.63. The number of nitrogens with two attached hydrogens (primary N) is 1. The van der Waals surface area contributed by atoms with E-state index >= 15 is 0 Å². The predicted octanol–water partition coefficient (Wildman–Crippen LogP) is 1.98. The number of halogens is 1. The zero-order valence-electron chi connectivity index (χ0n) is 10.2. The molecule has 8 heteroatoms. The van der Waals surface area contributed by atoms with Gasteiger partial charge in [-0.1, -0.05) is 11.6 Å². The van der Waals surface area contributed by atoms with Gasteiger partial charge < -0.3 is 10.5 Å². The second-order valence-corrected chi connectivity index (χ2v) is 5.14. The van der Waals surface area contributed by atoms with Gasteiger partial charge in [0.25, 0.3) is 5.69 Å². The second-order valence-electron chi connectivity index (χ2n) is 3.67. The van der Waals surface area contributed by atoms with Gasteiger partial charge >= 0.3 is 5.97 Å². The summed E-state index contributed by atoms with van der Waals surface area (Å²) in [6.07, 6.45) is 0. The second kappa shape index (κ2) is 7.32. The molecule has 104 valence electrons. The topological polar surface area (TPSA) is 95.5 Å². The lowest BCUT2D eigenvalue weighted by molar-refractivity contribution is -0.385. The van der Waals surface area contributed by atoms with Gasteiger partial charge in [0.15, 0.2) is 0 Å². The minimum absolute atomic E-state index is 0.0355. The number of esters is 1. The largest absolute Gasteiger partial charge is 0.468 e. The summed E-state index contributed by atoms with van der Waals surface area (Å²) in [5.41, 5.74) is 6.07. The fourth-order valence-electron chi connectivity index (χ4n) is 1.34. The van der Waals surface area contributed by atoms with Crippen LogP contribution in [0.5, 0.6) is 0 Å². The van der Waals surface area contributed by atoms with Gasteiger partial charge in [0.1, 0.15) is 6.04 Å². The average molecular weight is 305 g/mol. The number of methoxy groups -OCH3 is 1. The number of benzene rings is 1. The molecule has 0 fully saturated rings. The highest BCUT2D eigenvalue weighted by molar-refractivity contribution is 7.98. The number of nitro groups is 1. The molecule has 0 spiro atoms. The summed E-state index contributed by atoms with van der Waals surface area (Å²) < 4.78 is 4.49. The Morgan fingerprint density at radius 1 is 1.63 bits per heavy atom. The first-order chi connectivity index (χ1) is 8.95. The van der Waals surface area contributed by atoms with Crippen LogP contribution < -0.4 is 5.73 Å². The molecule has 0 aliphatic carbocycles. The van der Waals surface area contributed by atoms with Crippen LogP contribution in [0.25, 0.3) is 0 Å². The number of rotatable bonds is 6. The van der Waals surface area contributed by atoms with E-state index in [4.69, 9.17) is 17.3 Å². The first-order valence-electron chi connectivity index (χ1n) is 5.29. The SMILES string of the molecule is COC(=O)C(N)CSCc1ccc(Cl)cc1[N+](=O)[O-]. The van der Waals surface area contributed by atoms with Crippen molar-refractivity contribution in [1.82, 2.24) is 0 Å². The molecule has 19 heavy (non-hydrogen) atoms. The standard InChI is InChI=1S/C11H13ClN2O4S/c1-18-11(15)9(13)6-19-5-7-2-3-8(12)4-10(7)14(16)17/h2-4,9H,5-6,13H2,1H3. The van der Waals surface area contributed by atoms with Crippen molar-refractivity contribution in [2.75, 3.05) is 12.9 Å². The van der Waals surface area contributed by atoms with Gasteiger partial charge in [0.05, 0.1) is 12.0 Å². The Morgan fingerprint density at radius 2 is 2.32 bits per heavy atom. The van der Waals surface area contributed by atoms with Gasteiger partial charge in [-0.15, -0.1) is 0 Å². The van der Waals surface area contributed by atoms with Gasteiger partial charge in [-0.3, -0.25) is 14.9 Å². The van der Waals surface area contributed by atoms with Crippen LogP contribution in [0.1, 0.15) is 5.56 Å². The highest BCUT2D eigenvalue weighted by atomic mass is 35.5. The van der Waals surface area contributed by atoms with E-state index in [0.29, 0.717) is 22.1 Å². The molecule has 6 nitrogen and oxygen atoms in total. The van der Waals surface area contributed by atoms with Crippen molar-refractivity contribution >= 4 is 35.0 Å². The molecule has 1 atom stereocenters. The van der Waals surface area contributed by atoms with Crippen molar-refractivity contribution in [3.05, 3.63) is 38.9 Å². The van der Waals surface area contributed by atoms with E-state index in [0.717, 1.165) is 0 Å². The molecule has 0 radical (unpaired) electrons. The third kappa shape index (κ3) is 4.70. The van der Waals surface area contributed by atoms with E-state index in [9.17, 15) is 14.9 Å². The van der Waals surface area contributed by atoms with Crippen LogP contribution in [0.2, 0.25) is 5.02 Å². The highest BCUT2D eigenvalue weighted by Crippen LogP contribution is 2.26. The fraction of sp³-hybridized carbons (Fsp3) is 0.364. The number of carbonyl (C=O) groups excluding carboxylic acids is 1. The van der Waals surface area contributed by atoms with Crippen molar-refractivity contribution in [3.8, 4) is 0 Å². The van der Waals surface area contributed by atoms with Crippen molar-refractivity contribution in [2.24, 2.45) is 5.73 Å². The molecule has 0 saturated carbocycles. The number of hydrogen-bond donors (Lipinski definition) is 1. The summed E-state index contributed by atoms with van der Waals surface area (Å²) in [6, 6.07) is 3.75. The Morgan fingerprint density at radius 3 is 2.89 bits per heavy atom. The highest BCUT2D eigenvalue weighted by Gasteiger charge is 2.17. The minimum Gasteiger partial charge on any atom is -0.468 e. The molecule has 0 heterocycles. The molecule has 0 saturated heterocycles. The van der Waals surface area contributed by atoms with Crippen LogP contribution in [0.4, 0.5) is 5.69 Å². The average Bonchev–Trinajstić information content (AvgIpc) is 2.38. The van der Waals surface area contributed by atoms with Crippen molar-refractivity contribution in [1.29, 1.82) is 0 Å². The third-order valence-electron chi connectivity index (χ3n) is 2.30. The summed E-state index contributed by atoms with van der Waals surface area (Å²) in [4.78, 5) is 21.5. The smallest absolute Gasteiger partial charge is 0.323 e. The Hall–Kier alpha value is -1.31. The molecule has 0 amide bonds. The van der Waals surface area contributed by atoms with E-state index < -0.39 is 16.9 Å². The van der Waals surface area contributed by atoms with E-state index in [-0.39, 0.29) is 5.69 Å². The lowest BCUT2D eigenvalue weighted by Crippen LogP contribution is -2.33. The Kier molecular flexibility index (Phi) is 6.07. The zero-order valence-corrected chi connectivity index (χ0v) is 11.7. The van der Waals surface area contributed by atoms with Gasteiger partial charge in [0, 0.05) is 28.2 Å². The molecule has 1 unspecified atom stereocenters. The third-order valence-corrected chi connectivity index (χ3v) is 3.65. The van der Waals surface area contributed by atoms with Crippen LogP contribution in [-0.4, -0.2) is 29.8 Å². The molecule has 1 aromatic carbocycles. The first kappa shape index (κ1) is 15.7. The number of ether oxygens (including phenoxy) is 1. The molecule has 0 bridgehead atoms. The summed E-state index contributed by atoms with van der Waals surface area (Å²) in [5.74, 6) is 0.197. The molecular weight excluding hydrogens is 292 g/mol. The molecule has 1 aromatic rings. The van der Waals surface area contributed by atoms with Gasteiger partial charge in [-0.2, -0.15) is 11.8 Å². The monoisotopic (exact) mass is 304 g/mol. The molecule has 2 N–H and O–H groups in total. The summed E-state index contributed by atoms with van der Waals surface area (Å²) in [6.45, 7) is 0. The molecular formula is C11H13ClN2O4S. The lowest BCUT2D eigenvalue weighted by Gasteiger charge is -2.08. The number of carbonyl (C=O) groups is 1. The number of nitro benzene ring substituents is 1. The zero-order chi connectivity index (χ0) is 14.4. The Labute approximate surface area is 119 Å². The van der Waals surface area contributed by atoms with Gasteiger partial charge in [-0.05, 0) is 12.1 Å². The Bertz CT molecular complexity index is 484. The van der Waals surface area contributed by atoms with Crippen LogP contribution in [0, 0.1) is 10.1 Å². The van der Waals surface area contributed by atoms with Crippen LogP contribution >= 0.6 is 23.4 Å².